The van der Waals surface area contributed by atoms with E-state index in [0.29, 0.717) is 5.02 Å². The molecule has 0 aliphatic carbocycles. The van der Waals surface area contributed by atoms with Gasteiger partial charge in [0.05, 0.1) is 12.1 Å². The minimum Gasteiger partial charge on any atom is -0.491 e. The van der Waals surface area contributed by atoms with Crippen LogP contribution in [0.2, 0.25) is 5.02 Å². The van der Waals surface area contributed by atoms with Gasteiger partial charge >= 0.3 is 0 Å². The SMILES string of the molecule is CC(C)Oc1cccc(C(N)c2cc(Br)ccc2Cl)c1. The summed E-state index contributed by atoms with van der Waals surface area (Å²) in [5.41, 5.74) is 8.19. The summed E-state index contributed by atoms with van der Waals surface area (Å²) in [6.45, 7) is 4.00. The molecule has 0 aliphatic heterocycles. The molecule has 0 saturated heterocycles. The second kappa shape index (κ2) is 6.61. The van der Waals surface area contributed by atoms with Crippen molar-refractivity contribution in [2.75, 3.05) is 0 Å². The van der Waals surface area contributed by atoms with Crippen LogP contribution < -0.4 is 10.5 Å². The van der Waals surface area contributed by atoms with Crippen molar-refractivity contribution in [2.24, 2.45) is 5.73 Å². The predicted molar refractivity (Wildman–Crippen MR) is 87.4 cm³/mol. The number of halogens is 2. The van der Waals surface area contributed by atoms with Crippen LogP contribution in [0.25, 0.3) is 0 Å². The van der Waals surface area contributed by atoms with Crippen LogP contribution in [0.5, 0.6) is 5.75 Å². The highest BCUT2D eigenvalue weighted by molar-refractivity contribution is 9.10. The summed E-state index contributed by atoms with van der Waals surface area (Å²) in [7, 11) is 0. The van der Waals surface area contributed by atoms with Crippen LogP contribution in [-0.2, 0) is 0 Å². The smallest absolute Gasteiger partial charge is 0.120 e. The number of hydrogen-bond donors (Lipinski definition) is 1. The molecule has 0 fully saturated rings. The molecule has 0 aromatic heterocycles. The van der Waals surface area contributed by atoms with E-state index in [4.69, 9.17) is 22.1 Å². The van der Waals surface area contributed by atoms with Gasteiger partial charge in [-0.05, 0) is 55.3 Å². The molecule has 0 radical (unpaired) electrons. The molecule has 0 aliphatic rings. The summed E-state index contributed by atoms with van der Waals surface area (Å²) in [5.74, 6) is 0.819. The Hall–Kier alpha value is -1.03. The highest BCUT2D eigenvalue weighted by Crippen LogP contribution is 2.30. The van der Waals surface area contributed by atoms with Crippen LogP contribution in [0.1, 0.15) is 31.0 Å². The first-order chi connectivity index (χ1) is 9.47. The van der Waals surface area contributed by atoms with Crippen molar-refractivity contribution in [3.63, 3.8) is 0 Å². The molecule has 2 nitrogen and oxygen atoms in total. The van der Waals surface area contributed by atoms with Crippen LogP contribution in [0, 0.1) is 0 Å². The Kier molecular flexibility index (Phi) is 5.08. The molecule has 0 amide bonds. The van der Waals surface area contributed by atoms with Crippen molar-refractivity contribution in [2.45, 2.75) is 26.0 Å². The van der Waals surface area contributed by atoms with E-state index in [1.165, 1.54) is 0 Å². The summed E-state index contributed by atoms with van der Waals surface area (Å²) in [6.07, 6.45) is 0.135. The van der Waals surface area contributed by atoms with E-state index in [1.54, 1.807) is 0 Å². The van der Waals surface area contributed by atoms with E-state index in [2.05, 4.69) is 15.9 Å². The molecule has 106 valence electrons. The zero-order valence-corrected chi connectivity index (χ0v) is 13.8. The third-order valence-corrected chi connectivity index (χ3v) is 3.72. The van der Waals surface area contributed by atoms with E-state index in [9.17, 15) is 0 Å². The molecule has 0 bridgehead atoms. The van der Waals surface area contributed by atoms with E-state index in [1.807, 2.05) is 56.3 Å². The van der Waals surface area contributed by atoms with Crippen LogP contribution in [0.4, 0.5) is 0 Å². The van der Waals surface area contributed by atoms with E-state index in [-0.39, 0.29) is 12.1 Å². The Morgan fingerprint density at radius 1 is 1.15 bits per heavy atom. The van der Waals surface area contributed by atoms with E-state index in [0.717, 1.165) is 21.3 Å². The average Bonchev–Trinajstić information content (AvgIpc) is 2.40. The molecule has 0 spiro atoms. The van der Waals surface area contributed by atoms with Crippen molar-refractivity contribution in [1.29, 1.82) is 0 Å². The van der Waals surface area contributed by atoms with Crippen molar-refractivity contribution < 1.29 is 4.74 Å². The van der Waals surface area contributed by atoms with Gasteiger partial charge in [-0.25, -0.2) is 0 Å². The van der Waals surface area contributed by atoms with Crippen LogP contribution in [0.15, 0.2) is 46.9 Å². The molecular formula is C16H17BrClNO. The van der Waals surface area contributed by atoms with Gasteiger partial charge in [0.1, 0.15) is 5.75 Å². The van der Waals surface area contributed by atoms with Gasteiger partial charge < -0.3 is 10.5 Å². The highest BCUT2D eigenvalue weighted by atomic mass is 79.9. The fourth-order valence-corrected chi connectivity index (χ4v) is 2.60. The Balaban J connectivity index is 2.33. The molecule has 0 saturated carbocycles. The van der Waals surface area contributed by atoms with Crippen molar-refractivity contribution in [3.8, 4) is 5.75 Å². The van der Waals surface area contributed by atoms with Gasteiger partial charge in [-0.2, -0.15) is 0 Å². The van der Waals surface area contributed by atoms with Gasteiger partial charge in [-0.1, -0.05) is 39.7 Å². The van der Waals surface area contributed by atoms with Crippen molar-refractivity contribution >= 4 is 27.5 Å². The summed E-state index contributed by atoms with van der Waals surface area (Å²) in [5, 5.41) is 0.663. The minimum absolute atomic E-state index is 0.135. The Bertz CT molecular complexity index is 601. The molecule has 1 atom stereocenters. The second-order valence-electron chi connectivity index (χ2n) is 4.88. The molecule has 1 unspecified atom stereocenters. The minimum atomic E-state index is -0.282. The summed E-state index contributed by atoms with van der Waals surface area (Å²) >= 11 is 9.68. The maximum absolute atomic E-state index is 6.32. The molecule has 0 heterocycles. The maximum atomic E-state index is 6.32. The molecule has 2 rings (SSSR count). The van der Waals surface area contributed by atoms with Gasteiger partial charge in [-0.15, -0.1) is 0 Å². The van der Waals surface area contributed by atoms with Gasteiger partial charge in [0, 0.05) is 9.50 Å². The Labute approximate surface area is 133 Å². The lowest BCUT2D eigenvalue weighted by molar-refractivity contribution is 0.242. The average molecular weight is 355 g/mol. The number of ether oxygens (including phenoxy) is 1. The van der Waals surface area contributed by atoms with Crippen LogP contribution >= 0.6 is 27.5 Å². The van der Waals surface area contributed by atoms with Gasteiger partial charge in [0.2, 0.25) is 0 Å². The topological polar surface area (TPSA) is 35.2 Å². The van der Waals surface area contributed by atoms with Crippen LogP contribution in [0.3, 0.4) is 0 Å². The molecule has 2 N–H and O–H groups in total. The molecule has 20 heavy (non-hydrogen) atoms. The fraction of sp³-hybridized carbons (Fsp3) is 0.250. The first-order valence-electron chi connectivity index (χ1n) is 6.44. The first kappa shape index (κ1) is 15.4. The third-order valence-electron chi connectivity index (χ3n) is 2.88. The van der Waals surface area contributed by atoms with E-state index < -0.39 is 0 Å². The monoisotopic (exact) mass is 353 g/mol. The van der Waals surface area contributed by atoms with Gasteiger partial charge in [-0.3, -0.25) is 0 Å². The molecule has 4 heteroatoms. The lowest BCUT2D eigenvalue weighted by Gasteiger charge is -2.17. The van der Waals surface area contributed by atoms with Crippen molar-refractivity contribution in [1.82, 2.24) is 0 Å². The van der Waals surface area contributed by atoms with E-state index >= 15 is 0 Å². The standard InChI is InChI=1S/C16H17BrClNO/c1-10(2)20-13-5-3-4-11(8-13)16(19)14-9-12(17)6-7-15(14)18/h3-10,16H,19H2,1-2H3. The first-order valence-corrected chi connectivity index (χ1v) is 7.61. The summed E-state index contributed by atoms with van der Waals surface area (Å²) in [6, 6.07) is 13.2. The van der Waals surface area contributed by atoms with Gasteiger partial charge in [0.25, 0.3) is 0 Å². The van der Waals surface area contributed by atoms with Crippen LogP contribution in [-0.4, -0.2) is 6.10 Å². The molecule has 2 aromatic carbocycles. The number of nitrogens with two attached hydrogens (primary N) is 1. The number of hydrogen-bond acceptors (Lipinski definition) is 2. The summed E-state index contributed by atoms with van der Waals surface area (Å²) in [4.78, 5) is 0. The highest BCUT2D eigenvalue weighted by Gasteiger charge is 2.14. The molecule has 2 aromatic rings. The third kappa shape index (κ3) is 3.75. The normalized spacial score (nSPS) is 12.5. The number of benzene rings is 2. The predicted octanol–water partition coefficient (Wildman–Crippen LogP) is 4.94. The fourth-order valence-electron chi connectivity index (χ4n) is 1.99. The second-order valence-corrected chi connectivity index (χ2v) is 6.21. The quantitative estimate of drug-likeness (QED) is 0.844. The lowest BCUT2D eigenvalue weighted by atomic mass is 9.99. The van der Waals surface area contributed by atoms with Crippen molar-refractivity contribution in [3.05, 3.63) is 63.1 Å². The zero-order valence-electron chi connectivity index (χ0n) is 11.4. The van der Waals surface area contributed by atoms with Gasteiger partial charge in [0.15, 0.2) is 0 Å². The molecular weight excluding hydrogens is 338 g/mol. The largest absolute Gasteiger partial charge is 0.491 e. The summed E-state index contributed by atoms with van der Waals surface area (Å²) < 4.78 is 6.66. The zero-order chi connectivity index (χ0) is 14.7. The maximum Gasteiger partial charge on any atom is 0.120 e. The Morgan fingerprint density at radius 3 is 2.60 bits per heavy atom. The Morgan fingerprint density at radius 2 is 1.90 bits per heavy atom. The lowest BCUT2D eigenvalue weighted by Crippen LogP contribution is -2.13. The number of rotatable bonds is 4.